The van der Waals surface area contributed by atoms with E-state index in [0.717, 1.165) is 11.3 Å². The molecule has 1 amide bonds. The minimum atomic E-state index is -1.79. The van der Waals surface area contributed by atoms with Crippen LogP contribution in [0, 0.1) is 0 Å². The van der Waals surface area contributed by atoms with Crippen LogP contribution in [0.2, 0.25) is 0 Å². The molecule has 8 nitrogen and oxygen atoms in total. The molecule has 2 N–H and O–H groups in total. The second kappa shape index (κ2) is 11.6. The number of fused-ring (bicyclic) bond motifs is 1. The van der Waals surface area contributed by atoms with Crippen LogP contribution in [0.5, 0.6) is 5.75 Å². The third-order valence-corrected chi connectivity index (χ3v) is 7.03. The quantitative estimate of drug-likeness (QED) is 0.267. The Balaban J connectivity index is 1.53. The highest BCUT2D eigenvalue weighted by Crippen LogP contribution is 2.40. The summed E-state index contributed by atoms with van der Waals surface area (Å²) in [6.45, 7) is 3.56. The van der Waals surface area contributed by atoms with Gasteiger partial charge >= 0.3 is 5.97 Å². The zero-order valence-corrected chi connectivity index (χ0v) is 22.6. The van der Waals surface area contributed by atoms with E-state index in [0.29, 0.717) is 37.4 Å². The number of benzene rings is 2. The van der Waals surface area contributed by atoms with E-state index < -0.39 is 15.4 Å². The minimum Gasteiger partial charge on any atom is -0.494 e. The number of amides is 1. The maximum Gasteiger partial charge on any atom is 0.326 e. The van der Waals surface area contributed by atoms with Crippen LogP contribution in [-0.2, 0) is 20.9 Å². The second-order valence-electron chi connectivity index (χ2n) is 8.84. The molecule has 3 rings (SSSR count). The molecule has 11 heteroatoms. The number of hydrogen-bond donors (Lipinski definition) is 1. The SMILES string of the molecule is CN(C(=O)CCCOc1ccc2c(c1)CN(CC(=O)OC(C)(C)C(Cl)(Cl)Cl)C(N)=N2)c1ccccc1. The number of alkyl halides is 3. The summed E-state index contributed by atoms with van der Waals surface area (Å²) in [4.78, 5) is 32.4. The summed E-state index contributed by atoms with van der Waals surface area (Å²) in [5.74, 6) is 0.222. The fourth-order valence-electron chi connectivity index (χ4n) is 3.41. The number of anilines is 1. The molecular weight excluding hydrogens is 527 g/mol. The van der Waals surface area contributed by atoms with Gasteiger partial charge in [0, 0.05) is 31.3 Å². The van der Waals surface area contributed by atoms with Gasteiger partial charge in [-0.2, -0.15) is 0 Å². The summed E-state index contributed by atoms with van der Waals surface area (Å²) in [6, 6.07) is 14.9. The molecule has 0 atom stereocenters. The molecule has 0 aromatic heterocycles. The predicted octanol–water partition coefficient (Wildman–Crippen LogP) is 4.96. The largest absolute Gasteiger partial charge is 0.494 e. The number of guanidine groups is 1. The predicted molar refractivity (Wildman–Crippen MR) is 143 cm³/mol. The molecule has 0 spiro atoms. The maximum absolute atomic E-state index is 12.5. The number of hydrogen-bond acceptors (Lipinski definition) is 7. The molecule has 2 aromatic rings. The molecule has 0 fully saturated rings. The highest BCUT2D eigenvalue weighted by atomic mass is 35.6. The molecule has 0 unspecified atom stereocenters. The van der Waals surface area contributed by atoms with E-state index in [-0.39, 0.29) is 18.4 Å². The number of aliphatic imine (C=N–C) groups is 1. The standard InChI is InChI=1S/C25H29Cl3N4O4/c1-24(2,25(26,27)28)36-22(34)16-32-15-17-14-19(11-12-20(17)30-23(32)29)35-13-7-10-21(33)31(3)18-8-5-4-6-9-18/h4-6,8-9,11-12,14H,7,10,13,15-16H2,1-3H3,(H2,29,30). The minimum absolute atomic E-state index is 0.0144. The summed E-state index contributed by atoms with van der Waals surface area (Å²) in [5, 5.41) is 0. The number of carbonyl (C=O) groups excluding carboxylic acids is 2. The van der Waals surface area contributed by atoms with E-state index in [2.05, 4.69) is 4.99 Å². The Morgan fingerprint density at radius 3 is 2.50 bits per heavy atom. The van der Waals surface area contributed by atoms with Crippen LogP contribution in [0.15, 0.2) is 53.5 Å². The number of nitrogens with two attached hydrogens (primary N) is 1. The van der Waals surface area contributed by atoms with Crippen LogP contribution in [0.3, 0.4) is 0 Å². The number of carbonyl (C=O) groups is 2. The molecule has 1 aliphatic rings. The zero-order valence-electron chi connectivity index (χ0n) is 20.3. The first-order chi connectivity index (χ1) is 16.9. The summed E-state index contributed by atoms with van der Waals surface area (Å²) in [7, 11) is 1.76. The first-order valence-electron chi connectivity index (χ1n) is 11.3. The molecule has 0 saturated carbocycles. The molecule has 1 aliphatic heterocycles. The topological polar surface area (TPSA) is 97.5 Å². The zero-order chi connectivity index (χ0) is 26.5. The fourth-order valence-corrected chi connectivity index (χ4v) is 3.53. The third-order valence-electron chi connectivity index (χ3n) is 5.66. The van der Waals surface area contributed by atoms with Crippen LogP contribution < -0.4 is 15.4 Å². The smallest absolute Gasteiger partial charge is 0.326 e. The van der Waals surface area contributed by atoms with Crippen molar-refractivity contribution < 1.29 is 19.1 Å². The lowest BCUT2D eigenvalue weighted by molar-refractivity contribution is -0.156. The summed E-state index contributed by atoms with van der Waals surface area (Å²) in [6.07, 6.45) is 0.923. The Labute approximate surface area is 225 Å². The Morgan fingerprint density at radius 2 is 1.83 bits per heavy atom. The van der Waals surface area contributed by atoms with E-state index in [1.165, 1.54) is 13.8 Å². The molecule has 0 radical (unpaired) electrons. The van der Waals surface area contributed by atoms with E-state index >= 15 is 0 Å². The van der Waals surface area contributed by atoms with Crippen molar-refractivity contribution in [3.8, 4) is 5.75 Å². The van der Waals surface area contributed by atoms with Crippen molar-refractivity contribution in [3.63, 3.8) is 0 Å². The van der Waals surface area contributed by atoms with Crippen molar-refractivity contribution in [2.45, 2.75) is 42.6 Å². The Morgan fingerprint density at radius 1 is 1.14 bits per heavy atom. The molecule has 0 saturated heterocycles. The van der Waals surface area contributed by atoms with Gasteiger partial charge in [0.15, 0.2) is 11.6 Å². The monoisotopic (exact) mass is 554 g/mol. The Kier molecular flexibility index (Phi) is 8.98. The van der Waals surface area contributed by atoms with Crippen molar-refractivity contribution in [1.29, 1.82) is 0 Å². The summed E-state index contributed by atoms with van der Waals surface area (Å²) >= 11 is 17.7. The van der Waals surface area contributed by atoms with Gasteiger partial charge < -0.3 is 25.0 Å². The van der Waals surface area contributed by atoms with E-state index in [1.54, 1.807) is 29.0 Å². The highest BCUT2D eigenvalue weighted by molar-refractivity contribution is 6.68. The molecule has 36 heavy (non-hydrogen) atoms. The number of esters is 1. The lowest BCUT2D eigenvalue weighted by atomic mass is 10.1. The van der Waals surface area contributed by atoms with Crippen LogP contribution >= 0.6 is 34.8 Å². The molecular formula is C25H29Cl3N4O4. The van der Waals surface area contributed by atoms with Gasteiger partial charge in [-0.3, -0.25) is 9.59 Å². The number of nitrogens with zero attached hydrogens (tertiary/aromatic N) is 3. The van der Waals surface area contributed by atoms with Gasteiger partial charge in [0.05, 0.1) is 12.3 Å². The van der Waals surface area contributed by atoms with Crippen molar-refractivity contribution in [3.05, 3.63) is 54.1 Å². The van der Waals surface area contributed by atoms with Crippen molar-refractivity contribution in [2.75, 3.05) is 25.1 Å². The second-order valence-corrected chi connectivity index (χ2v) is 11.1. The van der Waals surface area contributed by atoms with Crippen LogP contribution in [0.25, 0.3) is 0 Å². The number of ether oxygens (including phenoxy) is 2. The average Bonchev–Trinajstić information content (AvgIpc) is 2.81. The van der Waals surface area contributed by atoms with Gasteiger partial charge in [0.2, 0.25) is 9.70 Å². The lowest BCUT2D eigenvalue weighted by Crippen LogP contribution is -2.46. The summed E-state index contributed by atoms with van der Waals surface area (Å²) < 4.78 is 9.41. The van der Waals surface area contributed by atoms with Gasteiger partial charge in [0.25, 0.3) is 0 Å². The van der Waals surface area contributed by atoms with Crippen LogP contribution in [0.1, 0.15) is 32.3 Å². The molecule has 0 bridgehead atoms. The number of halogens is 3. The van der Waals surface area contributed by atoms with Crippen LogP contribution in [-0.4, -0.2) is 52.3 Å². The number of rotatable bonds is 9. The first kappa shape index (κ1) is 27.9. The summed E-state index contributed by atoms with van der Waals surface area (Å²) in [5.41, 5.74) is 7.08. The van der Waals surface area contributed by atoms with E-state index in [4.69, 9.17) is 50.0 Å². The Hall–Kier alpha value is -2.68. The van der Waals surface area contributed by atoms with Gasteiger partial charge in [-0.25, -0.2) is 4.99 Å². The van der Waals surface area contributed by atoms with Crippen molar-refractivity contribution in [1.82, 2.24) is 4.90 Å². The van der Waals surface area contributed by atoms with Crippen molar-refractivity contribution in [2.24, 2.45) is 10.7 Å². The van der Waals surface area contributed by atoms with Gasteiger partial charge in [-0.1, -0.05) is 53.0 Å². The highest BCUT2D eigenvalue weighted by Gasteiger charge is 2.44. The molecule has 1 heterocycles. The first-order valence-corrected chi connectivity index (χ1v) is 12.5. The lowest BCUT2D eigenvalue weighted by Gasteiger charge is -2.33. The van der Waals surface area contributed by atoms with Gasteiger partial charge in [-0.05, 0) is 50.6 Å². The van der Waals surface area contributed by atoms with Crippen LogP contribution in [0.4, 0.5) is 11.4 Å². The fraction of sp³-hybridized carbons (Fsp3) is 0.400. The molecule has 2 aromatic carbocycles. The average molecular weight is 556 g/mol. The Bertz CT molecular complexity index is 1120. The third kappa shape index (κ3) is 7.18. The van der Waals surface area contributed by atoms with Crippen molar-refractivity contribution >= 4 is 64.0 Å². The molecule has 0 aliphatic carbocycles. The van der Waals surface area contributed by atoms with Gasteiger partial charge in [0.1, 0.15) is 12.3 Å². The number of para-hydroxylation sites is 1. The maximum atomic E-state index is 12.5. The normalized spacial score (nSPS) is 13.5. The van der Waals surface area contributed by atoms with E-state index in [9.17, 15) is 9.59 Å². The van der Waals surface area contributed by atoms with Gasteiger partial charge in [-0.15, -0.1) is 0 Å². The molecule has 194 valence electrons. The van der Waals surface area contributed by atoms with E-state index in [1.807, 2.05) is 36.4 Å².